The molecule has 2 N–H and O–H groups in total. The Labute approximate surface area is 194 Å². The Kier molecular flexibility index (Phi) is 5.27. The molecule has 6 nitrogen and oxygen atoms in total. The maximum atomic E-state index is 13.6. The van der Waals surface area contributed by atoms with Gasteiger partial charge >= 0.3 is 6.18 Å². The molecule has 3 aromatic rings. The summed E-state index contributed by atoms with van der Waals surface area (Å²) in [6.45, 7) is 5.05. The van der Waals surface area contributed by atoms with Gasteiger partial charge in [-0.05, 0) is 61.1 Å². The van der Waals surface area contributed by atoms with E-state index in [2.05, 4.69) is 16.9 Å². The van der Waals surface area contributed by atoms with Crippen LogP contribution < -0.4 is 5.73 Å². The van der Waals surface area contributed by atoms with Crippen molar-refractivity contribution in [2.75, 3.05) is 12.3 Å². The number of ether oxygens (including phenoxy) is 1. The van der Waals surface area contributed by atoms with Crippen molar-refractivity contribution >= 4 is 22.6 Å². The Hall–Kier alpha value is -3.20. The average molecular weight is 470 g/mol. The van der Waals surface area contributed by atoms with Crippen molar-refractivity contribution in [2.45, 2.75) is 52.1 Å². The highest BCUT2D eigenvalue weighted by Crippen LogP contribution is 2.46. The van der Waals surface area contributed by atoms with E-state index in [-0.39, 0.29) is 24.0 Å². The molecule has 1 saturated carbocycles. The van der Waals surface area contributed by atoms with Gasteiger partial charge in [-0.3, -0.25) is 9.78 Å². The quantitative estimate of drug-likeness (QED) is 0.550. The van der Waals surface area contributed by atoms with Crippen molar-refractivity contribution in [3.05, 3.63) is 64.5 Å². The molecule has 34 heavy (non-hydrogen) atoms. The fraction of sp³-hybridized carbons (Fsp3) is 0.400. The number of nitrogens with zero attached hydrogens (tertiary/aromatic N) is 3. The van der Waals surface area contributed by atoms with E-state index in [1.54, 1.807) is 17.0 Å². The summed E-state index contributed by atoms with van der Waals surface area (Å²) >= 11 is 0. The zero-order valence-corrected chi connectivity index (χ0v) is 18.9. The third-order valence-corrected chi connectivity index (χ3v) is 6.76. The molecule has 1 aliphatic heterocycles. The molecule has 0 spiro atoms. The highest BCUT2D eigenvalue weighted by Gasteiger charge is 2.40. The number of pyridine rings is 2. The summed E-state index contributed by atoms with van der Waals surface area (Å²) in [6, 6.07) is 7.63. The molecule has 1 amide bonds. The molecule has 1 fully saturated rings. The van der Waals surface area contributed by atoms with Crippen LogP contribution in [-0.2, 0) is 24.1 Å². The molecule has 0 radical (unpaired) electrons. The summed E-state index contributed by atoms with van der Waals surface area (Å²) in [4.78, 5) is 23.7. The van der Waals surface area contributed by atoms with Crippen LogP contribution in [0.3, 0.4) is 0 Å². The van der Waals surface area contributed by atoms with E-state index in [1.165, 1.54) is 6.07 Å². The van der Waals surface area contributed by atoms with Crippen molar-refractivity contribution < 1.29 is 22.7 Å². The lowest BCUT2D eigenvalue weighted by molar-refractivity contribution is -0.137. The normalized spacial score (nSPS) is 18.7. The number of anilines is 1. The SMILES string of the molecule is C[C@H]1OCc2c1c(N)nc1ccc(C(=O)N(Cc3ccc(C(F)(F)F)cn3)CC3(C)CC3)cc21. The lowest BCUT2D eigenvalue weighted by Gasteiger charge is -2.26. The second kappa shape index (κ2) is 7.94. The maximum Gasteiger partial charge on any atom is 0.417 e. The second-order valence-corrected chi connectivity index (χ2v) is 9.58. The zero-order chi connectivity index (χ0) is 24.3. The minimum absolute atomic E-state index is 0.0128. The maximum absolute atomic E-state index is 13.6. The minimum Gasteiger partial charge on any atom is -0.383 e. The van der Waals surface area contributed by atoms with E-state index in [0.29, 0.717) is 35.7 Å². The number of aromatic nitrogens is 2. The van der Waals surface area contributed by atoms with Gasteiger partial charge in [-0.2, -0.15) is 13.2 Å². The highest BCUT2D eigenvalue weighted by molar-refractivity contribution is 5.99. The van der Waals surface area contributed by atoms with E-state index in [4.69, 9.17) is 10.5 Å². The van der Waals surface area contributed by atoms with Gasteiger partial charge in [-0.1, -0.05) is 6.92 Å². The first kappa shape index (κ1) is 22.6. The molecule has 0 saturated heterocycles. The largest absolute Gasteiger partial charge is 0.417 e. The molecule has 2 aromatic heterocycles. The van der Waals surface area contributed by atoms with Gasteiger partial charge in [0.1, 0.15) is 5.82 Å². The summed E-state index contributed by atoms with van der Waals surface area (Å²) < 4.78 is 44.5. The number of fused-ring (bicyclic) bond motifs is 3. The van der Waals surface area contributed by atoms with Crippen LogP contribution in [0.1, 0.15) is 65.5 Å². The van der Waals surface area contributed by atoms with Crippen LogP contribution >= 0.6 is 0 Å². The Morgan fingerprint density at radius 2 is 2.03 bits per heavy atom. The Bertz CT molecular complexity index is 1270. The topological polar surface area (TPSA) is 81.3 Å². The van der Waals surface area contributed by atoms with E-state index < -0.39 is 11.7 Å². The highest BCUT2D eigenvalue weighted by atomic mass is 19.4. The molecule has 178 valence electrons. The van der Waals surface area contributed by atoms with Crippen LogP contribution in [0.2, 0.25) is 0 Å². The predicted octanol–water partition coefficient (Wildman–Crippen LogP) is 5.26. The zero-order valence-electron chi connectivity index (χ0n) is 18.9. The molecular weight excluding hydrogens is 445 g/mol. The lowest BCUT2D eigenvalue weighted by Crippen LogP contribution is -2.35. The van der Waals surface area contributed by atoms with Crippen molar-refractivity contribution in [2.24, 2.45) is 5.41 Å². The summed E-state index contributed by atoms with van der Waals surface area (Å²) in [6.07, 6.45) is -1.80. The van der Waals surface area contributed by atoms with Crippen molar-refractivity contribution in [3.63, 3.8) is 0 Å². The van der Waals surface area contributed by atoms with E-state index in [0.717, 1.165) is 41.6 Å². The van der Waals surface area contributed by atoms with Gasteiger partial charge in [-0.25, -0.2) is 4.98 Å². The number of nitrogens with two attached hydrogens (primary N) is 1. The molecule has 2 aliphatic rings. The smallest absolute Gasteiger partial charge is 0.383 e. The monoisotopic (exact) mass is 470 g/mol. The number of hydrogen-bond acceptors (Lipinski definition) is 5. The van der Waals surface area contributed by atoms with Crippen LogP contribution in [0.4, 0.5) is 19.0 Å². The number of rotatable bonds is 5. The number of nitrogen functional groups attached to an aromatic ring is 1. The third kappa shape index (κ3) is 4.20. The van der Waals surface area contributed by atoms with E-state index in [9.17, 15) is 18.0 Å². The third-order valence-electron chi connectivity index (χ3n) is 6.76. The fourth-order valence-corrected chi connectivity index (χ4v) is 4.49. The van der Waals surface area contributed by atoms with Crippen LogP contribution in [0, 0.1) is 5.41 Å². The molecule has 9 heteroatoms. The molecular formula is C25H25F3N4O2. The van der Waals surface area contributed by atoms with E-state index in [1.807, 2.05) is 13.0 Å². The molecule has 1 atom stereocenters. The molecule has 5 rings (SSSR count). The van der Waals surface area contributed by atoms with Gasteiger partial charge in [-0.15, -0.1) is 0 Å². The minimum atomic E-state index is -4.45. The van der Waals surface area contributed by atoms with Gasteiger partial charge in [0.15, 0.2) is 0 Å². The molecule has 1 aliphatic carbocycles. The van der Waals surface area contributed by atoms with Crippen LogP contribution in [-0.4, -0.2) is 27.3 Å². The molecule has 1 aromatic carbocycles. The lowest BCUT2D eigenvalue weighted by atomic mass is 9.99. The van der Waals surface area contributed by atoms with Crippen LogP contribution in [0.5, 0.6) is 0 Å². The van der Waals surface area contributed by atoms with E-state index >= 15 is 0 Å². The first-order valence-corrected chi connectivity index (χ1v) is 11.2. The number of carbonyl (C=O) groups excluding carboxylic acids is 1. The standard InChI is InChI=1S/C25H25F3N4O2/c1-14-21-19(12-34-14)18-9-15(3-6-20(18)31-22(21)29)23(33)32(13-24(2)7-8-24)11-17-5-4-16(10-30-17)25(26,27)28/h3-6,9-10,14H,7-8,11-13H2,1-2H3,(H2,29,31)/t14-/m1/s1. The summed E-state index contributed by atoms with van der Waals surface area (Å²) in [5.41, 5.74) is 8.71. The van der Waals surface area contributed by atoms with Crippen molar-refractivity contribution in [1.29, 1.82) is 0 Å². The summed E-state index contributed by atoms with van der Waals surface area (Å²) in [5.74, 6) is 0.234. The first-order chi connectivity index (χ1) is 16.0. The average Bonchev–Trinajstić information content (AvgIpc) is 3.38. The van der Waals surface area contributed by atoms with Crippen molar-refractivity contribution in [1.82, 2.24) is 14.9 Å². The number of hydrogen-bond donors (Lipinski definition) is 1. The Morgan fingerprint density at radius 1 is 1.26 bits per heavy atom. The van der Waals surface area contributed by atoms with Crippen LogP contribution in [0.25, 0.3) is 10.9 Å². The first-order valence-electron chi connectivity index (χ1n) is 11.2. The summed E-state index contributed by atoms with van der Waals surface area (Å²) in [7, 11) is 0. The molecule has 0 bridgehead atoms. The van der Waals surface area contributed by atoms with Gasteiger partial charge in [0, 0.05) is 29.3 Å². The van der Waals surface area contributed by atoms with Gasteiger partial charge in [0.05, 0.1) is 36.0 Å². The number of benzene rings is 1. The van der Waals surface area contributed by atoms with Gasteiger partial charge in [0.25, 0.3) is 5.91 Å². The molecule has 0 unspecified atom stereocenters. The fourth-order valence-electron chi connectivity index (χ4n) is 4.49. The van der Waals surface area contributed by atoms with Gasteiger partial charge < -0.3 is 15.4 Å². The van der Waals surface area contributed by atoms with Crippen molar-refractivity contribution in [3.8, 4) is 0 Å². The number of amides is 1. The Balaban J connectivity index is 1.47. The number of carbonyl (C=O) groups is 1. The summed E-state index contributed by atoms with van der Waals surface area (Å²) in [5, 5.41) is 0.824. The van der Waals surface area contributed by atoms with Crippen LogP contribution in [0.15, 0.2) is 36.5 Å². The predicted molar refractivity (Wildman–Crippen MR) is 121 cm³/mol. The van der Waals surface area contributed by atoms with Gasteiger partial charge in [0.2, 0.25) is 0 Å². The molecule has 3 heterocycles. The second-order valence-electron chi connectivity index (χ2n) is 9.58. The number of alkyl halides is 3. The number of halogens is 3. The Morgan fingerprint density at radius 3 is 2.68 bits per heavy atom.